The zero-order chi connectivity index (χ0) is 12.7. The number of ether oxygens (including phenoxy) is 1. The lowest BCUT2D eigenvalue weighted by Gasteiger charge is -2.23. The molecule has 0 bridgehead atoms. The highest BCUT2D eigenvalue weighted by molar-refractivity contribution is 7.53. The van der Waals surface area contributed by atoms with Crippen molar-refractivity contribution >= 4 is 7.60 Å². The molecule has 1 fully saturated rings. The van der Waals surface area contributed by atoms with Crippen LogP contribution in [0.1, 0.15) is 25.7 Å². The maximum Gasteiger partial charge on any atom is 0.332 e. The van der Waals surface area contributed by atoms with Gasteiger partial charge in [-0.2, -0.15) is 0 Å². The van der Waals surface area contributed by atoms with Gasteiger partial charge in [-0.3, -0.25) is 4.57 Å². The van der Waals surface area contributed by atoms with Gasteiger partial charge in [-0.15, -0.1) is 0 Å². The minimum atomic E-state index is -2.90. The second-order valence-electron chi connectivity index (χ2n) is 4.47. The quantitative estimate of drug-likeness (QED) is 0.401. The molecule has 5 heteroatoms. The Morgan fingerprint density at radius 3 is 2.41 bits per heavy atom. The molecule has 0 aliphatic heterocycles. The molecule has 0 aromatic rings. The van der Waals surface area contributed by atoms with E-state index in [1.807, 2.05) is 0 Å². The van der Waals surface area contributed by atoms with Crippen LogP contribution in [0.15, 0.2) is 12.2 Å². The summed E-state index contributed by atoms with van der Waals surface area (Å²) in [6.45, 7) is 5.15. The molecule has 4 nitrogen and oxygen atoms in total. The first-order valence-electron chi connectivity index (χ1n) is 6.04. The maximum absolute atomic E-state index is 11.7. The Morgan fingerprint density at radius 2 is 1.88 bits per heavy atom. The Hall–Kier alpha value is -0.150. The molecular weight excluding hydrogens is 239 g/mol. The van der Waals surface area contributed by atoms with Crippen LogP contribution in [0.5, 0.6) is 0 Å². The molecule has 100 valence electrons. The first-order chi connectivity index (χ1) is 8.09. The van der Waals surface area contributed by atoms with Crippen LogP contribution in [0.3, 0.4) is 0 Å². The van der Waals surface area contributed by atoms with Crippen LogP contribution in [-0.4, -0.2) is 33.6 Å². The Bertz CT molecular complexity index is 272. The fourth-order valence-electron chi connectivity index (χ4n) is 1.94. The van der Waals surface area contributed by atoms with Crippen molar-refractivity contribution in [2.45, 2.75) is 25.7 Å². The molecule has 1 aliphatic rings. The zero-order valence-corrected chi connectivity index (χ0v) is 11.7. The molecule has 0 radical (unpaired) electrons. The predicted octanol–water partition coefficient (Wildman–Crippen LogP) is 3.24. The smallest absolute Gasteiger partial charge is 0.332 e. The lowest BCUT2D eigenvalue weighted by atomic mass is 9.87. The SMILES string of the molecule is C=C1CCC(COCCP(=O)(OC)OC)CC1. The van der Waals surface area contributed by atoms with Gasteiger partial charge in [0.15, 0.2) is 0 Å². The molecule has 0 aromatic heterocycles. The minimum Gasteiger partial charge on any atom is -0.380 e. The number of hydrogen-bond donors (Lipinski definition) is 0. The first-order valence-corrected chi connectivity index (χ1v) is 7.77. The molecule has 1 rings (SSSR count). The van der Waals surface area contributed by atoms with Crippen molar-refractivity contribution in [1.82, 2.24) is 0 Å². The largest absolute Gasteiger partial charge is 0.380 e. The van der Waals surface area contributed by atoms with Crippen LogP contribution in [0.4, 0.5) is 0 Å². The molecule has 0 N–H and O–H groups in total. The lowest BCUT2D eigenvalue weighted by Crippen LogP contribution is -2.16. The summed E-state index contributed by atoms with van der Waals surface area (Å²) in [7, 11) is -0.100. The van der Waals surface area contributed by atoms with Crippen LogP contribution >= 0.6 is 7.60 Å². The molecule has 0 saturated heterocycles. The summed E-state index contributed by atoms with van der Waals surface area (Å²) in [5, 5.41) is 0. The molecular formula is C12H23O4P. The molecule has 0 amide bonds. The van der Waals surface area contributed by atoms with E-state index in [0.29, 0.717) is 18.7 Å². The third kappa shape index (κ3) is 5.35. The van der Waals surface area contributed by atoms with Gasteiger partial charge in [-0.25, -0.2) is 0 Å². The van der Waals surface area contributed by atoms with E-state index >= 15 is 0 Å². The highest BCUT2D eigenvalue weighted by Crippen LogP contribution is 2.45. The molecule has 17 heavy (non-hydrogen) atoms. The summed E-state index contributed by atoms with van der Waals surface area (Å²) in [4.78, 5) is 0. The van der Waals surface area contributed by atoms with Crippen LogP contribution in [0.25, 0.3) is 0 Å². The Labute approximate surface area is 104 Å². The Morgan fingerprint density at radius 1 is 1.29 bits per heavy atom. The highest BCUT2D eigenvalue weighted by Gasteiger charge is 2.21. The lowest BCUT2D eigenvalue weighted by molar-refractivity contribution is 0.0975. The summed E-state index contributed by atoms with van der Waals surface area (Å²) in [5.74, 6) is 0.616. The Kier molecular flexibility index (Phi) is 6.42. The molecule has 0 spiro atoms. The summed E-state index contributed by atoms with van der Waals surface area (Å²) in [6, 6.07) is 0. The number of allylic oxidation sites excluding steroid dienone is 1. The van der Waals surface area contributed by atoms with Crippen LogP contribution < -0.4 is 0 Å². The fraction of sp³-hybridized carbons (Fsp3) is 0.833. The van der Waals surface area contributed by atoms with Crippen molar-refractivity contribution in [3.8, 4) is 0 Å². The second kappa shape index (κ2) is 7.32. The van der Waals surface area contributed by atoms with Gasteiger partial charge in [-0.1, -0.05) is 12.2 Å². The Balaban J connectivity index is 2.12. The average molecular weight is 262 g/mol. The van der Waals surface area contributed by atoms with E-state index in [4.69, 9.17) is 13.8 Å². The number of hydrogen-bond acceptors (Lipinski definition) is 4. The van der Waals surface area contributed by atoms with E-state index in [1.54, 1.807) is 0 Å². The van der Waals surface area contributed by atoms with Crippen molar-refractivity contribution in [1.29, 1.82) is 0 Å². The van der Waals surface area contributed by atoms with Crippen LogP contribution in [0, 0.1) is 5.92 Å². The normalized spacial score (nSPS) is 18.6. The number of rotatable bonds is 7. The average Bonchev–Trinajstić information content (AvgIpc) is 2.36. The summed E-state index contributed by atoms with van der Waals surface area (Å²) >= 11 is 0. The topological polar surface area (TPSA) is 44.8 Å². The summed E-state index contributed by atoms with van der Waals surface area (Å²) < 4.78 is 26.9. The molecule has 1 aliphatic carbocycles. The van der Waals surface area contributed by atoms with Crippen molar-refractivity contribution in [3.05, 3.63) is 12.2 Å². The van der Waals surface area contributed by atoms with E-state index < -0.39 is 7.60 Å². The molecule has 0 heterocycles. The van der Waals surface area contributed by atoms with Crippen molar-refractivity contribution in [3.63, 3.8) is 0 Å². The molecule has 0 unspecified atom stereocenters. The summed E-state index contributed by atoms with van der Waals surface area (Å²) in [6.07, 6.45) is 4.86. The fourth-order valence-corrected chi connectivity index (χ4v) is 2.80. The van der Waals surface area contributed by atoms with Crippen molar-refractivity contribution in [2.24, 2.45) is 5.92 Å². The minimum absolute atomic E-state index is 0.319. The van der Waals surface area contributed by atoms with E-state index in [-0.39, 0.29) is 0 Å². The van der Waals surface area contributed by atoms with E-state index in [9.17, 15) is 4.57 Å². The van der Waals surface area contributed by atoms with Gasteiger partial charge in [0.05, 0.1) is 12.8 Å². The standard InChI is InChI=1S/C12H23O4P/c1-11-4-6-12(7-5-11)10-16-8-9-17(13,14-2)15-3/h12H,1,4-10H2,2-3H3. The van der Waals surface area contributed by atoms with Gasteiger partial charge >= 0.3 is 7.60 Å². The van der Waals surface area contributed by atoms with Gasteiger partial charge in [-0.05, 0) is 31.6 Å². The zero-order valence-electron chi connectivity index (χ0n) is 10.8. The second-order valence-corrected chi connectivity index (χ2v) is 6.87. The van der Waals surface area contributed by atoms with E-state index in [1.165, 1.54) is 19.8 Å². The van der Waals surface area contributed by atoms with Gasteiger partial charge in [0.1, 0.15) is 0 Å². The molecule has 0 atom stereocenters. The van der Waals surface area contributed by atoms with Crippen LogP contribution in [-0.2, 0) is 18.3 Å². The van der Waals surface area contributed by atoms with Crippen molar-refractivity contribution in [2.75, 3.05) is 33.6 Å². The monoisotopic (exact) mass is 262 g/mol. The van der Waals surface area contributed by atoms with E-state index in [0.717, 1.165) is 32.3 Å². The molecule has 0 aromatic carbocycles. The predicted molar refractivity (Wildman–Crippen MR) is 68.4 cm³/mol. The highest BCUT2D eigenvalue weighted by atomic mass is 31.2. The molecule has 1 saturated carbocycles. The van der Waals surface area contributed by atoms with Gasteiger partial charge in [0, 0.05) is 20.8 Å². The van der Waals surface area contributed by atoms with Gasteiger partial charge < -0.3 is 13.8 Å². The van der Waals surface area contributed by atoms with Crippen molar-refractivity contribution < 1.29 is 18.3 Å². The van der Waals surface area contributed by atoms with E-state index in [2.05, 4.69) is 6.58 Å². The third-order valence-electron chi connectivity index (χ3n) is 3.23. The summed E-state index contributed by atoms with van der Waals surface area (Å²) in [5.41, 5.74) is 1.35. The van der Waals surface area contributed by atoms with Gasteiger partial charge in [0.25, 0.3) is 0 Å². The van der Waals surface area contributed by atoms with Crippen LogP contribution in [0.2, 0.25) is 0 Å². The third-order valence-corrected chi connectivity index (χ3v) is 5.07. The first kappa shape index (κ1) is 14.9. The maximum atomic E-state index is 11.7. The van der Waals surface area contributed by atoms with Gasteiger partial charge in [0.2, 0.25) is 0 Å².